The topological polar surface area (TPSA) is 140 Å². The van der Waals surface area contributed by atoms with E-state index >= 15 is 0 Å². The van der Waals surface area contributed by atoms with E-state index in [-0.39, 0.29) is 25.0 Å². The zero-order valence-corrected chi connectivity index (χ0v) is 25.1. The van der Waals surface area contributed by atoms with E-state index in [1.165, 1.54) is 0 Å². The Morgan fingerprint density at radius 3 is 0.833 bits per heavy atom. The molecule has 0 saturated heterocycles. The number of rotatable bonds is 0. The Bertz CT molecular complexity index is 2040. The fraction of sp³-hybridized carbons (Fsp3) is 0. The normalized spacial score (nSPS) is 11.4. The first kappa shape index (κ1) is 25.8. The molecule has 0 fully saturated rings. The van der Waals surface area contributed by atoms with Gasteiger partial charge in [-0.3, -0.25) is 0 Å². The fourth-order valence-electron chi connectivity index (χ4n) is 5.59. The molecule has 42 heavy (non-hydrogen) atoms. The van der Waals surface area contributed by atoms with E-state index in [1.54, 1.807) is 0 Å². The Labute approximate surface area is 250 Å². The molecule has 0 unspecified atom stereocenters. The molecule has 9 rings (SSSR count). The van der Waals surface area contributed by atoms with Gasteiger partial charge in [-0.05, 0) is 0 Å². The van der Waals surface area contributed by atoms with Gasteiger partial charge in [0.1, 0.15) is 22.6 Å². The number of aromatic amines is 2. The molecule has 2 aliphatic heterocycles. The third kappa shape index (κ3) is 3.77. The summed E-state index contributed by atoms with van der Waals surface area (Å²) in [6, 6.07) is 32.2. The molecule has 2 aliphatic rings. The van der Waals surface area contributed by atoms with Crippen LogP contribution in [0.5, 0.6) is 0 Å². The first-order valence-corrected chi connectivity index (χ1v) is 13.0. The molecule has 5 heterocycles. The van der Waals surface area contributed by atoms with Crippen LogP contribution in [0.15, 0.2) is 97.1 Å². The second kappa shape index (κ2) is 9.73. The second-order valence-corrected chi connectivity index (χ2v) is 9.79. The van der Waals surface area contributed by atoms with E-state index in [4.69, 9.17) is 29.9 Å². The van der Waals surface area contributed by atoms with Gasteiger partial charge in [-0.25, -0.2) is 29.9 Å². The minimum absolute atomic E-state index is 0. The summed E-state index contributed by atoms with van der Waals surface area (Å²) in [4.78, 5) is 36.8. The van der Waals surface area contributed by atoms with Crippen LogP contribution in [0.4, 0.5) is 0 Å². The minimum Gasteiger partial charge on any atom is -0.412 e. The van der Waals surface area contributed by atoms with Crippen LogP contribution in [-0.2, 0) is 19.5 Å². The second-order valence-electron chi connectivity index (χ2n) is 9.79. The van der Waals surface area contributed by atoms with E-state index in [9.17, 15) is 0 Å². The predicted molar refractivity (Wildman–Crippen MR) is 160 cm³/mol. The fourth-order valence-corrected chi connectivity index (χ4v) is 5.59. The van der Waals surface area contributed by atoms with E-state index in [0.29, 0.717) is 45.9 Å². The number of benzene rings is 4. The zero-order chi connectivity index (χ0) is 26.2. The van der Waals surface area contributed by atoms with Gasteiger partial charge in [0.2, 0.25) is 0 Å². The molecule has 0 saturated carbocycles. The van der Waals surface area contributed by atoms with E-state index in [2.05, 4.69) is 9.97 Å². The molecule has 4 aromatic carbocycles. The van der Waals surface area contributed by atoms with Crippen LogP contribution < -0.4 is 0 Å². The summed E-state index contributed by atoms with van der Waals surface area (Å²) in [5.74, 6) is 2.39. The molecular weight excluding hydrogens is 578 g/mol. The largest absolute Gasteiger partial charge is 0.412 e. The molecule has 9 nitrogen and oxygen atoms in total. The van der Waals surface area contributed by atoms with E-state index in [1.807, 2.05) is 97.1 Å². The Morgan fingerprint density at radius 2 is 0.571 bits per heavy atom. The van der Waals surface area contributed by atoms with Crippen LogP contribution in [-0.4, -0.2) is 45.3 Å². The number of H-pyrrole nitrogens is 2. The van der Waals surface area contributed by atoms with Crippen molar-refractivity contribution in [3.8, 4) is 45.6 Å². The summed E-state index contributed by atoms with van der Waals surface area (Å²) in [5.41, 5.74) is 6.45. The average molecular weight is 598 g/mol. The molecule has 0 spiro atoms. The molecule has 0 aliphatic carbocycles. The van der Waals surface area contributed by atoms with Gasteiger partial charge in [0.25, 0.3) is 0 Å². The van der Waals surface area contributed by atoms with Crippen molar-refractivity contribution in [3.63, 3.8) is 0 Å². The Hall–Kier alpha value is -5.18. The molecular formula is C32H20N8OZn. The van der Waals surface area contributed by atoms with Crippen molar-refractivity contribution in [2.24, 2.45) is 0 Å². The first-order valence-electron chi connectivity index (χ1n) is 13.0. The van der Waals surface area contributed by atoms with Gasteiger partial charge in [0.05, 0.1) is 0 Å². The molecule has 4 N–H and O–H groups in total. The summed E-state index contributed by atoms with van der Waals surface area (Å²) in [6.45, 7) is 0. The molecule has 0 atom stereocenters. The number of aromatic nitrogens is 8. The van der Waals surface area contributed by atoms with Gasteiger partial charge in [-0.2, -0.15) is 0 Å². The minimum atomic E-state index is 0. The van der Waals surface area contributed by atoms with Crippen molar-refractivity contribution in [1.82, 2.24) is 39.9 Å². The zero-order valence-electron chi connectivity index (χ0n) is 22.1. The van der Waals surface area contributed by atoms with E-state index in [0.717, 1.165) is 43.8 Å². The van der Waals surface area contributed by atoms with Crippen molar-refractivity contribution < 1.29 is 25.0 Å². The van der Waals surface area contributed by atoms with Crippen LogP contribution in [0, 0.1) is 0 Å². The van der Waals surface area contributed by atoms with Crippen molar-refractivity contribution in [3.05, 3.63) is 97.1 Å². The predicted octanol–water partition coefficient (Wildman–Crippen LogP) is 6.04. The third-order valence-electron chi connectivity index (χ3n) is 7.46. The maximum atomic E-state index is 5.02. The average Bonchev–Trinajstić information content (AvgIpc) is 3.73. The van der Waals surface area contributed by atoms with Crippen LogP contribution >= 0.6 is 0 Å². The third-order valence-corrected chi connectivity index (χ3v) is 7.46. The molecule has 3 aromatic heterocycles. The van der Waals surface area contributed by atoms with Gasteiger partial charge in [0.15, 0.2) is 23.3 Å². The monoisotopic (exact) mass is 596 g/mol. The number of hydrogen-bond acceptors (Lipinski definition) is 6. The first-order chi connectivity index (χ1) is 19.8. The smallest absolute Gasteiger partial charge is 0.164 e. The molecule has 196 valence electrons. The maximum Gasteiger partial charge on any atom is 0.164 e. The molecule has 0 radical (unpaired) electrons. The standard InChI is InChI=1S/C32H18N8.H2O.Zn/c1-2-10-18-17(9-1)25-33-26(18)38-28-21-13-5-6-14-22(21)30(35-28)40-32-24-16-8-7-15-23(24)31(36-32)39-29-20-12-4-3-11-19(20)27(34-29)37-25;;/h1-16H,(H2,33,34,35,36,37,38,39,40);1H2;. The summed E-state index contributed by atoms with van der Waals surface area (Å²) < 4.78 is 0. The Kier molecular flexibility index (Phi) is 5.97. The van der Waals surface area contributed by atoms with Gasteiger partial charge in [0, 0.05) is 63.3 Å². The quantitative estimate of drug-likeness (QED) is 0.204. The SMILES string of the molecule is O.[Zn].c1ccc2c(c1)-c1nc-2nc2[nH]c(nc3nc(nc4[nH]c(n1)c1ccccc41)-c1ccccc1-3)c1ccccc21. The Balaban J connectivity index is 0.00000144. The van der Waals surface area contributed by atoms with Crippen LogP contribution in [0.2, 0.25) is 0 Å². The van der Waals surface area contributed by atoms with E-state index < -0.39 is 0 Å². The molecule has 7 aromatic rings. The molecule has 10 heteroatoms. The molecule has 0 amide bonds. The van der Waals surface area contributed by atoms with Gasteiger partial charge < -0.3 is 15.4 Å². The number of nitrogens with zero attached hydrogens (tertiary/aromatic N) is 6. The number of nitrogens with one attached hydrogen (secondary N) is 2. The summed E-state index contributed by atoms with van der Waals surface area (Å²) >= 11 is 0. The van der Waals surface area contributed by atoms with Crippen molar-refractivity contribution in [2.75, 3.05) is 0 Å². The summed E-state index contributed by atoms with van der Waals surface area (Å²) in [7, 11) is 0. The van der Waals surface area contributed by atoms with Gasteiger partial charge in [-0.15, -0.1) is 0 Å². The number of fused-ring (bicyclic) bond motifs is 20. The molecule has 8 bridgehead atoms. The maximum absolute atomic E-state index is 5.02. The van der Waals surface area contributed by atoms with Crippen molar-refractivity contribution >= 4 is 44.1 Å². The van der Waals surface area contributed by atoms with Gasteiger partial charge >= 0.3 is 0 Å². The summed E-state index contributed by atoms with van der Waals surface area (Å²) in [6.07, 6.45) is 0. The summed E-state index contributed by atoms with van der Waals surface area (Å²) in [5, 5.41) is 3.82. The van der Waals surface area contributed by atoms with Crippen LogP contribution in [0.1, 0.15) is 0 Å². The number of hydrogen-bond donors (Lipinski definition) is 2. The van der Waals surface area contributed by atoms with Gasteiger partial charge in [-0.1, -0.05) is 97.1 Å². The van der Waals surface area contributed by atoms with Crippen molar-refractivity contribution in [2.45, 2.75) is 0 Å². The van der Waals surface area contributed by atoms with Crippen LogP contribution in [0.3, 0.4) is 0 Å². The Morgan fingerprint density at radius 1 is 0.333 bits per heavy atom. The van der Waals surface area contributed by atoms with Crippen LogP contribution in [0.25, 0.3) is 89.7 Å². The van der Waals surface area contributed by atoms with Crippen molar-refractivity contribution in [1.29, 1.82) is 0 Å².